The molecule has 1 atom stereocenters. The fraction of sp³-hybridized carbons (Fsp3) is 0.444. The van der Waals surface area contributed by atoms with E-state index in [4.69, 9.17) is 11.6 Å². The molecule has 0 bridgehead atoms. The highest BCUT2D eigenvalue weighted by Crippen LogP contribution is 2.07. The highest BCUT2D eigenvalue weighted by Gasteiger charge is 2.07. The van der Waals surface area contributed by atoms with Crippen LogP contribution in [0.2, 0.25) is 0 Å². The van der Waals surface area contributed by atoms with Gasteiger partial charge in [-0.3, -0.25) is 0 Å². The zero-order valence-corrected chi connectivity index (χ0v) is 9.53. The Bertz CT molecular complexity index is 530. The molecule has 0 fully saturated rings. The van der Waals surface area contributed by atoms with Crippen LogP contribution in [0.25, 0.3) is 5.65 Å². The minimum absolute atomic E-state index is 0.147. The zero-order valence-electron chi connectivity index (χ0n) is 8.77. The first-order valence-corrected chi connectivity index (χ1v) is 5.55. The van der Waals surface area contributed by atoms with Gasteiger partial charge >= 0.3 is 5.69 Å². The monoisotopic (exact) mass is 241 g/mol. The van der Waals surface area contributed by atoms with Crippen molar-refractivity contribution in [2.45, 2.75) is 19.4 Å². The molecule has 6 nitrogen and oxygen atoms in total. The second kappa shape index (κ2) is 4.52. The maximum absolute atomic E-state index is 11.3. The van der Waals surface area contributed by atoms with Crippen molar-refractivity contribution >= 4 is 23.1 Å². The molecule has 2 N–H and O–H groups in total. The van der Waals surface area contributed by atoms with Crippen LogP contribution in [-0.4, -0.2) is 31.7 Å². The number of aromatic nitrogens is 4. The van der Waals surface area contributed by atoms with E-state index >= 15 is 0 Å². The Labute approximate surface area is 96.6 Å². The van der Waals surface area contributed by atoms with Crippen LogP contribution in [0.15, 0.2) is 16.9 Å². The molecule has 86 valence electrons. The van der Waals surface area contributed by atoms with Gasteiger partial charge in [-0.25, -0.2) is 9.89 Å². The number of halogens is 1. The Kier molecular flexibility index (Phi) is 3.09. The fourth-order valence-corrected chi connectivity index (χ4v) is 1.63. The molecule has 2 aromatic rings. The van der Waals surface area contributed by atoms with Gasteiger partial charge in [-0.1, -0.05) is 6.92 Å². The second-order valence-electron chi connectivity index (χ2n) is 3.42. The van der Waals surface area contributed by atoms with Gasteiger partial charge in [-0.2, -0.15) is 9.61 Å². The molecule has 0 aliphatic heterocycles. The Morgan fingerprint density at radius 2 is 2.44 bits per heavy atom. The summed E-state index contributed by atoms with van der Waals surface area (Å²) in [6, 6.07) is 3.63. The predicted molar refractivity (Wildman–Crippen MR) is 62.0 cm³/mol. The molecule has 0 amide bonds. The summed E-state index contributed by atoms with van der Waals surface area (Å²) in [4.78, 5) is 11.3. The summed E-state index contributed by atoms with van der Waals surface area (Å²) in [5, 5.41) is 13.4. The van der Waals surface area contributed by atoms with Crippen molar-refractivity contribution < 1.29 is 0 Å². The van der Waals surface area contributed by atoms with Crippen LogP contribution in [0.1, 0.15) is 13.3 Å². The summed E-state index contributed by atoms with van der Waals surface area (Å²) in [5.41, 5.74) is 0.145. The summed E-state index contributed by atoms with van der Waals surface area (Å²) >= 11 is 5.77. The van der Waals surface area contributed by atoms with Crippen LogP contribution in [0, 0.1) is 0 Å². The molecule has 0 saturated heterocycles. The van der Waals surface area contributed by atoms with Crippen LogP contribution in [0.5, 0.6) is 0 Å². The number of fused-ring (bicyclic) bond motifs is 1. The number of anilines is 1. The Morgan fingerprint density at radius 3 is 3.12 bits per heavy atom. The van der Waals surface area contributed by atoms with Crippen LogP contribution in [0.3, 0.4) is 0 Å². The van der Waals surface area contributed by atoms with Crippen molar-refractivity contribution in [3.05, 3.63) is 22.6 Å². The van der Waals surface area contributed by atoms with Gasteiger partial charge in [0.15, 0.2) is 5.65 Å². The SMILES string of the molecule is CCC(CCl)Nc1ccc2n[nH]c(=O)n2n1. The van der Waals surface area contributed by atoms with Crippen molar-refractivity contribution in [2.75, 3.05) is 11.2 Å². The van der Waals surface area contributed by atoms with Gasteiger partial charge in [-0.15, -0.1) is 16.7 Å². The minimum Gasteiger partial charge on any atom is -0.365 e. The van der Waals surface area contributed by atoms with Gasteiger partial charge in [0.1, 0.15) is 5.82 Å². The lowest BCUT2D eigenvalue weighted by Crippen LogP contribution is -2.22. The quantitative estimate of drug-likeness (QED) is 0.778. The van der Waals surface area contributed by atoms with Crippen LogP contribution >= 0.6 is 11.6 Å². The third-order valence-corrected chi connectivity index (χ3v) is 2.68. The predicted octanol–water partition coefficient (Wildman–Crippen LogP) is 0.847. The average molecular weight is 242 g/mol. The zero-order chi connectivity index (χ0) is 11.5. The molecule has 0 radical (unpaired) electrons. The number of H-pyrrole nitrogens is 1. The third kappa shape index (κ3) is 2.01. The molecule has 2 rings (SSSR count). The Morgan fingerprint density at radius 1 is 1.62 bits per heavy atom. The molecule has 1 unspecified atom stereocenters. The lowest BCUT2D eigenvalue weighted by atomic mass is 10.2. The van der Waals surface area contributed by atoms with E-state index in [-0.39, 0.29) is 11.7 Å². The Hall–Kier alpha value is -1.56. The lowest BCUT2D eigenvalue weighted by Gasteiger charge is -2.13. The summed E-state index contributed by atoms with van der Waals surface area (Å²) in [7, 11) is 0. The number of nitrogens with one attached hydrogen (secondary N) is 2. The van der Waals surface area contributed by atoms with E-state index in [9.17, 15) is 4.79 Å². The van der Waals surface area contributed by atoms with E-state index < -0.39 is 0 Å². The fourth-order valence-electron chi connectivity index (χ4n) is 1.34. The van der Waals surface area contributed by atoms with E-state index in [1.165, 1.54) is 4.52 Å². The van der Waals surface area contributed by atoms with E-state index in [0.717, 1.165) is 6.42 Å². The maximum Gasteiger partial charge on any atom is 0.364 e. The molecule has 2 aromatic heterocycles. The summed E-state index contributed by atoms with van der Waals surface area (Å²) in [6.45, 7) is 2.03. The maximum atomic E-state index is 11.3. The Balaban J connectivity index is 2.31. The summed E-state index contributed by atoms with van der Waals surface area (Å²) < 4.78 is 1.21. The highest BCUT2D eigenvalue weighted by molar-refractivity contribution is 6.18. The van der Waals surface area contributed by atoms with Crippen LogP contribution in [0.4, 0.5) is 5.82 Å². The molecule has 16 heavy (non-hydrogen) atoms. The number of rotatable bonds is 4. The van der Waals surface area contributed by atoms with E-state index in [0.29, 0.717) is 17.3 Å². The second-order valence-corrected chi connectivity index (χ2v) is 3.73. The molecule has 0 aromatic carbocycles. The van der Waals surface area contributed by atoms with Crippen LogP contribution in [-0.2, 0) is 0 Å². The smallest absolute Gasteiger partial charge is 0.364 e. The molecule has 0 spiro atoms. The topological polar surface area (TPSA) is 75.1 Å². The normalized spacial score (nSPS) is 12.9. The van der Waals surface area contributed by atoms with Crippen molar-refractivity contribution in [3.8, 4) is 0 Å². The first-order valence-electron chi connectivity index (χ1n) is 5.01. The molecular formula is C9H12ClN5O. The van der Waals surface area contributed by atoms with Gasteiger partial charge < -0.3 is 5.32 Å². The standard InChI is InChI=1S/C9H12ClN5O/c1-2-6(5-10)11-7-3-4-8-12-13-9(16)15(8)14-7/h3-4,6H,2,5H2,1H3,(H,11,14)(H,13,16). The number of hydrogen-bond donors (Lipinski definition) is 2. The average Bonchev–Trinajstić information content (AvgIpc) is 2.68. The molecule has 2 heterocycles. The van der Waals surface area contributed by atoms with Gasteiger partial charge in [0.05, 0.1) is 0 Å². The summed E-state index contributed by atoms with van der Waals surface area (Å²) in [6.07, 6.45) is 0.892. The number of aromatic amines is 1. The van der Waals surface area contributed by atoms with Gasteiger partial charge in [-0.05, 0) is 18.6 Å². The molecule has 0 saturated carbocycles. The van der Waals surface area contributed by atoms with Gasteiger partial charge in [0, 0.05) is 11.9 Å². The van der Waals surface area contributed by atoms with E-state index in [2.05, 4.69) is 20.6 Å². The van der Waals surface area contributed by atoms with Crippen LogP contribution < -0.4 is 11.0 Å². The van der Waals surface area contributed by atoms with Gasteiger partial charge in [0.2, 0.25) is 0 Å². The molecule has 7 heteroatoms. The number of nitrogens with zero attached hydrogens (tertiary/aromatic N) is 3. The number of alkyl halides is 1. The minimum atomic E-state index is -0.349. The van der Waals surface area contributed by atoms with Crippen molar-refractivity contribution in [2.24, 2.45) is 0 Å². The van der Waals surface area contributed by atoms with Crippen molar-refractivity contribution in [1.29, 1.82) is 0 Å². The highest BCUT2D eigenvalue weighted by atomic mass is 35.5. The molecule has 0 aliphatic rings. The van der Waals surface area contributed by atoms with Crippen molar-refractivity contribution in [1.82, 2.24) is 19.8 Å². The third-order valence-electron chi connectivity index (χ3n) is 2.30. The van der Waals surface area contributed by atoms with E-state index in [1.807, 2.05) is 6.92 Å². The van der Waals surface area contributed by atoms with Gasteiger partial charge in [0.25, 0.3) is 0 Å². The first kappa shape index (κ1) is 10.9. The van der Waals surface area contributed by atoms with Crippen molar-refractivity contribution in [3.63, 3.8) is 0 Å². The van der Waals surface area contributed by atoms with E-state index in [1.54, 1.807) is 12.1 Å². The largest absolute Gasteiger partial charge is 0.365 e. The number of hydrogen-bond acceptors (Lipinski definition) is 4. The summed E-state index contributed by atoms with van der Waals surface area (Å²) in [5.74, 6) is 1.11. The first-order chi connectivity index (χ1) is 7.74. The molecule has 0 aliphatic carbocycles. The lowest BCUT2D eigenvalue weighted by molar-refractivity contribution is 0.754. The molecular weight excluding hydrogens is 230 g/mol.